The maximum Gasteiger partial charge on any atom is 0.266 e. The average Bonchev–Trinajstić information content (AvgIpc) is 2.16. The molecular formula is C8H4BrF2IN2. The first-order valence-electron chi connectivity index (χ1n) is 3.53. The molecule has 0 bridgehead atoms. The van der Waals surface area contributed by atoms with Crippen molar-refractivity contribution < 1.29 is 8.78 Å². The molecule has 0 saturated heterocycles. The third-order valence-electron chi connectivity index (χ3n) is 1.61. The molecule has 2 nitrogen and oxygen atoms in total. The molecule has 0 fully saturated rings. The van der Waals surface area contributed by atoms with Crippen LogP contribution in [0.2, 0.25) is 0 Å². The summed E-state index contributed by atoms with van der Waals surface area (Å²) < 4.78 is 25.5. The zero-order valence-electron chi connectivity index (χ0n) is 6.77. The van der Waals surface area contributed by atoms with Gasteiger partial charge in [0.2, 0.25) is 0 Å². The van der Waals surface area contributed by atoms with E-state index in [1.165, 1.54) is 6.20 Å². The van der Waals surface area contributed by atoms with Gasteiger partial charge in [-0.25, -0.2) is 8.78 Å². The summed E-state index contributed by atoms with van der Waals surface area (Å²) in [6.07, 6.45) is -1.29. The Kier molecular flexibility index (Phi) is 4.19. The molecule has 0 aromatic carbocycles. The highest BCUT2D eigenvalue weighted by Crippen LogP contribution is 2.29. The zero-order chi connectivity index (χ0) is 10.7. The van der Waals surface area contributed by atoms with Crippen LogP contribution in [0.1, 0.15) is 23.2 Å². The van der Waals surface area contributed by atoms with Crippen molar-refractivity contribution >= 4 is 38.5 Å². The van der Waals surface area contributed by atoms with E-state index in [0.717, 1.165) is 0 Å². The molecule has 1 rings (SSSR count). The van der Waals surface area contributed by atoms with Crippen LogP contribution in [0.5, 0.6) is 0 Å². The Labute approximate surface area is 102 Å². The number of alkyl halides is 3. The van der Waals surface area contributed by atoms with E-state index in [4.69, 9.17) is 5.26 Å². The molecule has 0 amide bonds. The maximum atomic E-state index is 12.6. The lowest BCUT2D eigenvalue weighted by Gasteiger charge is -2.07. The Hall–Kier alpha value is -0.290. The van der Waals surface area contributed by atoms with Crippen molar-refractivity contribution in [2.45, 2.75) is 11.8 Å². The van der Waals surface area contributed by atoms with E-state index in [0.29, 0.717) is 14.6 Å². The van der Waals surface area contributed by atoms with Gasteiger partial charge in [0.1, 0.15) is 6.07 Å². The second-order valence-electron chi connectivity index (χ2n) is 2.39. The summed E-state index contributed by atoms with van der Waals surface area (Å²) in [5, 5.41) is 9.05. The van der Waals surface area contributed by atoms with Crippen LogP contribution >= 0.6 is 38.5 Å². The fourth-order valence-corrected chi connectivity index (χ4v) is 2.05. The second-order valence-corrected chi connectivity index (χ2v) is 4.11. The minimum Gasteiger partial charge on any atom is -0.258 e. The normalized spacial score (nSPS) is 10.3. The fraction of sp³-hybridized carbons (Fsp3) is 0.250. The number of pyridine rings is 1. The van der Waals surface area contributed by atoms with Gasteiger partial charge in [-0.3, -0.25) is 4.98 Å². The Morgan fingerprint density at radius 1 is 1.64 bits per heavy atom. The topological polar surface area (TPSA) is 36.7 Å². The smallest absolute Gasteiger partial charge is 0.258 e. The number of rotatable bonds is 2. The summed E-state index contributed by atoms with van der Waals surface area (Å²) in [6.45, 7) is 0. The molecule has 0 aliphatic heterocycles. The first-order valence-corrected chi connectivity index (χ1v) is 5.73. The molecular weight excluding hydrogens is 369 g/mol. The molecule has 0 aliphatic rings. The summed E-state index contributed by atoms with van der Waals surface area (Å²) in [5.74, 6) is 0. The zero-order valence-corrected chi connectivity index (χ0v) is 10.5. The molecule has 1 heterocycles. The highest BCUT2D eigenvalue weighted by Gasteiger charge is 2.20. The van der Waals surface area contributed by atoms with Crippen molar-refractivity contribution in [2.24, 2.45) is 0 Å². The quantitative estimate of drug-likeness (QED) is 0.589. The number of aromatic nitrogens is 1. The van der Waals surface area contributed by atoms with Crippen LogP contribution in [0.4, 0.5) is 8.78 Å². The number of nitrogens with zero attached hydrogens (tertiary/aromatic N) is 2. The fourth-order valence-electron chi connectivity index (χ4n) is 0.983. The molecule has 0 atom stereocenters. The lowest BCUT2D eigenvalue weighted by atomic mass is 10.1. The largest absolute Gasteiger partial charge is 0.266 e. The molecule has 1 aromatic heterocycles. The summed E-state index contributed by atoms with van der Waals surface area (Å²) in [7, 11) is 0. The summed E-state index contributed by atoms with van der Waals surface area (Å²) in [4.78, 5) is 3.90. The monoisotopic (exact) mass is 372 g/mol. The van der Waals surface area contributed by atoms with Crippen molar-refractivity contribution in [3.05, 3.63) is 26.6 Å². The van der Waals surface area contributed by atoms with E-state index in [1.807, 2.05) is 0 Å². The molecule has 74 valence electrons. The number of hydrogen-bond donors (Lipinski definition) is 0. The van der Waals surface area contributed by atoms with E-state index >= 15 is 0 Å². The molecule has 0 N–H and O–H groups in total. The first-order chi connectivity index (χ1) is 6.61. The molecule has 6 heteroatoms. The standard InChI is InChI=1S/C8H4BrF2IN2/c9-1-6-4(2-13)7(8(10)11)5(12)3-14-6/h3,8H,1H2. The van der Waals surface area contributed by atoms with Gasteiger partial charge in [-0.05, 0) is 22.6 Å². The SMILES string of the molecule is N#Cc1c(CBr)ncc(I)c1C(F)F. The second kappa shape index (κ2) is 4.98. The van der Waals surface area contributed by atoms with Crippen molar-refractivity contribution in [1.29, 1.82) is 5.26 Å². The van der Waals surface area contributed by atoms with Gasteiger partial charge in [0.25, 0.3) is 6.43 Å². The van der Waals surface area contributed by atoms with Crippen LogP contribution in [0.3, 0.4) is 0 Å². The van der Waals surface area contributed by atoms with Crippen molar-refractivity contribution in [3.63, 3.8) is 0 Å². The van der Waals surface area contributed by atoms with E-state index in [9.17, 15) is 8.78 Å². The van der Waals surface area contributed by atoms with Gasteiger partial charge in [-0.15, -0.1) is 0 Å². The van der Waals surface area contributed by atoms with Crippen LogP contribution in [-0.2, 0) is 5.33 Å². The summed E-state index contributed by atoms with van der Waals surface area (Å²) in [5.41, 5.74) is 0.101. The molecule has 1 aromatic rings. The Balaban J connectivity index is 3.45. The predicted molar refractivity (Wildman–Crippen MR) is 59.3 cm³/mol. The number of halogens is 4. The molecule has 14 heavy (non-hydrogen) atoms. The Bertz CT molecular complexity index is 390. The first kappa shape index (κ1) is 11.8. The van der Waals surface area contributed by atoms with Crippen LogP contribution in [0, 0.1) is 14.9 Å². The Morgan fingerprint density at radius 2 is 2.29 bits per heavy atom. The van der Waals surface area contributed by atoms with Gasteiger partial charge in [0, 0.05) is 15.1 Å². The highest BCUT2D eigenvalue weighted by molar-refractivity contribution is 14.1. The third-order valence-corrected chi connectivity index (χ3v) is 3.00. The van der Waals surface area contributed by atoms with Crippen molar-refractivity contribution in [3.8, 4) is 6.07 Å². The van der Waals surface area contributed by atoms with Crippen molar-refractivity contribution in [2.75, 3.05) is 0 Å². The van der Waals surface area contributed by atoms with Crippen LogP contribution in [0.15, 0.2) is 6.20 Å². The molecule has 0 unspecified atom stereocenters. The average molecular weight is 373 g/mol. The van der Waals surface area contributed by atoms with Crippen LogP contribution in [0.25, 0.3) is 0 Å². The molecule has 0 aliphatic carbocycles. The Morgan fingerprint density at radius 3 is 2.71 bits per heavy atom. The van der Waals surface area contributed by atoms with Gasteiger partial charge in [-0.1, -0.05) is 15.9 Å². The van der Waals surface area contributed by atoms with Crippen molar-refractivity contribution in [1.82, 2.24) is 4.98 Å². The summed E-state index contributed by atoms with van der Waals surface area (Å²) in [6, 6.07) is 1.76. The van der Waals surface area contributed by atoms with Gasteiger partial charge < -0.3 is 0 Å². The van der Waals surface area contributed by atoms with Gasteiger partial charge in [0.15, 0.2) is 0 Å². The van der Waals surface area contributed by atoms with Crippen LogP contribution in [-0.4, -0.2) is 4.98 Å². The third kappa shape index (κ3) is 2.20. The van der Waals surface area contributed by atoms with Gasteiger partial charge in [-0.2, -0.15) is 5.26 Å². The molecule has 0 saturated carbocycles. The number of hydrogen-bond acceptors (Lipinski definition) is 2. The van der Waals surface area contributed by atoms with Crippen LogP contribution < -0.4 is 0 Å². The van der Waals surface area contributed by atoms with Gasteiger partial charge >= 0.3 is 0 Å². The lowest BCUT2D eigenvalue weighted by Crippen LogP contribution is -2.01. The minimum atomic E-state index is -2.64. The molecule has 0 radical (unpaired) electrons. The number of nitriles is 1. The van der Waals surface area contributed by atoms with E-state index in [-0.39, 0.29) is 11.1 Å². The highest BCUT2D eigenvalue weighted by atomic mass is 127. The minimum absolute atomic E-state index is 0.0243. The summed E-state index contributed by atoms with van der Waals surface area (Å²) >= 11 is 4.84. The molecule has 0 spiro atoms. The van der Waals surface area contributed by atoms with Gasteiger partial charge in [0.05, 0.1) is 16.8 Å². The van der Waals surface area contributed by atoms with E-state index in [2.05, 4.69) is 20.9 Å². The van der Waals surface area contributed by atoms with E-state index < -0.39 is 6.43 Å². The lowest BCUT2D eigenvalue weighted by molar-refractivity contribution is 0.150. The maximum absolute atomic E-state index is 12.6. The predicted octanol–water partition coefficient (Wildman–Crippen LogP) is 3.39. The van der Waals surface area contributed by atoms with E-state index in [1.54, 1.807) is 28.7 Å².